The van der Waals surface area contributed by atoms with Gasteiger partial charge in [0.05, 0.1) is 5.56 Å². The molecule has 7 heteroatoms. The highest BCUT2D eigenvalue weighted by Gasteiger charge is 2.34. The average Bonchev–Trinajstić information content (AvgIpc) is 2.74. The zero-order valence-electron chi connectivity index (χ0n) is 10.0. The van der Waals surface area contributed by atoms with Crippen LogP contribution in [0, 0.1) is 5.82 Å². The van der Waals surface area contributed by atoms with Crippen LogP contribution in [0.3, 0.4) is 0 Å². The first-order valence-corrected chi connectivity index (χ1v) is 7.30. The van der Waals surface area contributed by atoms with E-state index in [1.54, 1.807) is 0 Å². The van der Waals surface area contributed by atoms with Gasteiger partial charge < -0.3 is 5.73 Å². The van der Waals surface area contributed by atoms with E-state index in [1.807, 2.05) is 11.4 Å². The summed E-state index contributed by atoms with van der Waals surface area (Å²) in [6.07, 6.45) is -4.33. The summed E-state index contributed by atoms with van der Waals surface area (Å²) in [5, 5.41) is 1.86. The molecule has 1 aromatic heterocycles. The largest absolute Gasteiger partial charge is 0.419 e. The minimum atomic E-state index is -4.72. The summed E-state index contributed by atoms with van der Waals surface area (Å²) >= 11 is 4.80. The molecule has 1 unspecified atom stereocenters. The van der Waals surface area contributed by atoms with Gasteiger partial charge in [-0.2, -0.15) is 13.2 Å². The van der Waals surface area contributed by atoms with Gasteiger partial charge in [-0.1, -0.05) is 6.07 Å². The van der Waals surface area contributed by atoms with Crippen molar-refractivity contribution in [2.45, 2.75) is 18.6 Å². The van der Waals surface area contributed by atoms with Crippen molar-refractivity contribution in [1.29, 1.82) is 0 Å². The second-order valence-corrected chi connectivity index (χ2v) is 6.09. The fraction of sp³-hybridized carbons (Fsp3) is 0.231. The molecule has 0 aliphatic heterocycles. The fourth-order valence-corrected chi connectivity index (χ4v) is 3.35. The SMILES string of the molecule is NC(Cc1sccc1Br)c1ccc(F)c(C(F)(F)F)c1. The van der Waals surface area contributed by atoms with Crippen LogP contribution in [-0.2, 0) is 12.6 Å². The Morgan fingerprint density at radius 1 is 1.25 bits per heavy atom. The smallest absolute Gasteiger partial charge is 0.324 e. The van der Waals surface area contributed by atoms with Crippen molar-refractivity contribution in [1.82, 2.24) is 0 Å². The Hall–Kier alpha value is -0.920. The van der Waals surface area contributed by atoms with E-state index in [1.165, 1.54) is 17.4 Å². The highest BCUT2D eigenvalue weighted by atomic mass is 79.9. The van der Waals surface area contributed by atoms with Gasteiger partial charge in [-0.05, 0) is 45.1 Å². The molecule has 2 N–H and O–H groups in total. The van der Waals surface area contributed by atoms with Crippen LogP contribution < -0.4 is 5.73 Å². The Labute approximate surface area is 125 Å². The lowest BCUT2D eigenvalue weighted by Gasteiger charge is -2.15. The maximum atomic E-state index is 13.2. The van der Waals surface area contributed by atoms with Crippen molar-refractivity contribution in [3.63, 3.8) is 0 Å². The standard InChI is InChI=1S/C13H10BrF4NS/c14-9-3-4-20-12(9)6-11(19)7-1-2-10(15)8(5-7)13(16,17)18/h1-5,11H,6,19H2. The Balaban J connectivity index is 2.27. The second-order valence-electron chi connectivity index (χ2n) is 4.24. The van der Waals surface area contributed by atoms with E-state index in [9.17, 15) is 17.6 Å². The quantitative estimate of drug-likeness (QED) is 0.766. The lowest BCUT2D eigenvalue weighted by Crippen LogP contribution is -2.15. The van der Waals surface area contributed by atoms with E-state index >= 15 is 0 Å². The summed E-state index contributed by atoms with van der Waals surface area (Å²) in [6.45, 7) is 0. The Bertz CT molecular complexity index is 609. The van der Waals surface area contributed by atoms with Crippen LogP contribution in [0.25, 0.3) is 0 Å². The molecule has 108 valence electrons. The monoisotopic (exact) mass is 367 g/mol. The van der Waals surface area contributed by atoms with Crippen LogP contribution in [0.1, 0.15) is 22.0 Å². The summed E-state index contributed by atoms with van der Waals surface area (Å²) in [4.78, 5) is 0.940. The summed E-state index contributed by atoms with van der Waals surface area (Å²) in [7, 11) is 0. The first-order valence-electron chi connectivity index (χ1n) is 5.63. The van der Waals surface area contributed by atoms with Gasteiger partial charge in [0.2, 0.25) is 0 Å². The van der Waals surface area contributed by atoms with Crippen molar-refractivity contribution in [3.05, 3.63) is 55.9 Å². The lowest BCUT2D eigenvalue weighted by molar-refractivity contribution is -0.140. The summed E-state index contributed by atoms with van der Waals surface area (Å²) < 4.78 is 52.0. The molecule has 0 radical (unpaired) electrons. The molecule has 0 aliphatic carbocycles. The zero-order valence-corrected chi connectivity index (χ0v) is 12.4. The predicted molar refractivity (Wildman–Crippen MR) is 74.1 cm³/mol. The molecule has 0 spiro atoms. The van der Waals surface area contributed by atoms with Gasteiger partial charge in [0, 0.05) is 21.8 Å². The lowest BCUT2D eigenvalue weighted by atomic mass is 10.0. The van der Waals surface area contributed by atoms with Crippen molar-refractivity contribution < 1.29 is 17.6 Å². The number of halogens is 5. The van der Waals surface area contributed by atoms with Crippen molar-refractivity contribution in [3.8, 4) is 0 Å². The molecule has 1 nitrogen and oxygen atoms in total. The van der Waals surface area contributed by atoms with Crippen LogP contribution in [0.2, 0.25) is 0 Å². The molecule has 0 aliphatic rings. The van der Waals surface area contributed by atoms with Crippen molar-refractivity contribution >= 4 is 27.3 Å². The second kappa shape index (κ2) is 5.83. The third-order valence-corrected chi connectivity index (χ3v) is 4.77. The minimum Gasteiger partial charge on any atom is -0.324 e. The molecule has 0 saturated carbocycles. The third-order valence-electron chi connectivity index (χ3n) is 2.82. The highest BCUT2D eigenvalue weighted by Crippen LogP contribution is 2.34. The number of nitrogens with two attached hydrogens (primary N) is 1. The zero-order chi connectivity index (χ0) is 14.9. The minimum absolute atomic E-state index is 0.263. The van der Waals surface area contributed by atoms with Gasteiger partial charge in [-0.3, -0.25) is 0 Å². The molecule has 0 bridgehead atoms. The van der Waals surface area contributed by atoms with E-state index in [-0.39, 0.29) is 5.56 Å². The van der Waals surface area contributed by atoms with E-state index in [2.05, 4.69) is 15.9 Å². The summed E-state index contributed by atoms with van der Waals surface area (Å²) in [5.41, 5.74) is 4.89. The number of hydrogen-bond acceptors (Lipinski definition) is 2. The molecule has 2 rings (SSSR count). The molecule has 0 fully saturated rings. The van der Waals surface area contributed by atoms with Gasteiger partial charge in [-0.15, -0.1) is 11.3 Å². The fourth-order valence-electron chi connectivity index (χ4n) is 1.78. The van der Waals surface area contributed by atoms with Gasteiger partial charge in [-0.25, -0.2) is 4.39 Å². The average molecular weight is 368 g/mol. The first-order chi connectivity index (χ1) is 9.29. The summed E-state index contributed by atoms with van der Waals surface area (Å²) in [6, 6.07) is 4.10. The molecular formula is C13H10BrF4NS. The molecule has 1 aromatic carbocycles. The normalized spacial score (nSPS) is 13.5. The van der Waals surface area contributed by atoms with Crippen molar-refractivity contribution in [2.24, 2.45) is 5.73 Å². The Kier molecular flexibility index (Phi) is 4.51. The third kappa shape index (κ3) is 3.39. The number of thiophene rings is 1. The Morgan fingerprint density at radius 2 is 1.95 bits per heavy atom. The maximum Gasteiger partial charge on any atom is 0.419 e. The van der Waals surface area contributed by atoms with Crippen molar-refractivity contribution in [2.75, 3.05) is 0 Å². The van der Waals surface area contributed by atoms with Gasteiger partial charge in [0.25, 0.3) is 0 Å². The molecule has 2 aromatic rings. The molecule has 1 atom stereocenters. The van der Waals surface area contributed by atoms with Crippen LogP contribution in [-0.4, -0.2) is 0 Å². The molecule has 1 heterocycles. The Morgan fingerprint density at radius 3 is 2.50 bits per heavy atom. The molecule has 20 heavy (non-hydrogen) atoms. The maximum absolute atomic E-state index is 13.2. The number of hydrogen-bond donors (Lipinski definition) is 1. The van der Waals surface area contributed by atoms with Crippen LogP contribution >= 0.6 is 27.3 Å². The molecular weight excluding hydrogens is 358 g/mol. The van der Waals surface area contributed by atoms with E-state index < -0.39 is 23.6 Å². The van der Waals surface area contributed by atoms with Crippen LogP contribution in [0.15, 0.2) is 34.1 Å². The predicted octanol–water partition coefficient (Wildman–Crippen LogP) is 4.91. The number of rotatable bonds is 3. The highest BCUT2D eigenvalue weighted by molar-refractivity contribution is 9.10. The van der Waals surface area contributed by atoms with Crippen LogP contribution in [0.5, 0.6) is 0 Å². The number of alkyl halides is 3. The van der Waals surface area contributed by atoms with Gasteiger partial charge in [0.1, 0.15) is 5.82 Å². The number of benzene rings is 1. The van der Waals surface area contributed by atoms with E-state index in [0.29, 0.717) is 6.42 Å². The molecule has 0 saturated heterocycles. The topological polar surface area (TPSA) is 26.0 Å². The summed E-state index contributed by atoms with van der Waals surface area (Å²) in [5.74, 6) is -1.29. The molecule has 0 amide bonds. The van der Waals surface area contributed by atoms with E-state index in [4.69, 9.17) is 5.73 Å². The van der Waals surface area contributed by atoms with Gasteiger partial charge in [0.15, 0.2) is 0 Å². The van der Waals surface area contributed by atoms with E-state index in [0.717, 1.165) is 21.5 Å². The first kappa shape index (κ1) is 15.5. The van der Waals surface area contributed by atoms with Gasteiger partial charge >= 0.3 is 6.18 Å². The van der Waals surface area contributed by atoms with Crippen LogP contribution in [0.4, 0.5) is 17.6 Å².